The number of carbonyl (C=O) groups excluding carboxylic acids is 1. The Labute approximate surface area is 171 Å². The zero-order valence-corrected chi connectivity index (χ0v) is 15.8. The van der Waals surface area contributed by atoms with Gasteiger partial charge in [-0.25, -0.2) is 4.79 Å². The second-order valence-corrected chi connectivity index (χ2v) is 6.28. The third-order valence-electron chi connectivity index (χ3n) is 4.43. The molecular formula is C22H16N2O6. The van der Waals surface area contributed by atoms with Gasteiger partial charge in [0.25, 0.3) is 11.4 Å². The number of nitrogens with zero attached hydrogens (tertiary/aromatic N) is 2. The Balaban J connectivity index is 1.80. The van der Waals surface area contributed by atoms with Crippen LogP contribution in [0.15, 0.2) is 66.7 Å². The van der Waals surface area contributed by atoms with Crippen LogP contribution in [0.1, 0.15) is 21.5 Å². The summed E-state index contributed by atoms with van der Waals surface area (Å²) in [6, 6.07) is 18.0. The van der Waals surface area contributed by atoms with Gasteiger partial charge in [0.1, 0.15) is 0 Å². The van der Waals surface area contributed by atoms with E-state index in [4.69, 9.17) is 0 Å². The van der Waals surface area contributed by atoms with Crippen LogP contribution in [-0.4, -0.2) is 22.9 Å². The van der Waals surface area contributed by atoms with Gasteiger partial charge in [0.2, 0.25) is 0 Å². The Morgan fingerprint density at radius 1 is 0.833 bits per heavy atom. The molecule has 0 fully saturated rings. The Kier molecular flexibility index (Phi) is 5.97. The molecule has 0 saturated carbocycles. The maximum absolute atomic E-state index is 11.5. The van der Waals surface area contributed by atoms with E-state index in [0.29, 0.717) is 5.56 Å². The summed E-state index contributed by atoms with van der Waals surface area (Å²) in [5.41, 5.74) is 2.73. The lowest BCUT2D eigenvalue weighted by molar-refractivity contribution is -0.394. The Bertz CT molecular complexity index is 1140. The van der Waals surface area contributed by atoms with E-state index in [-0.39, 0.29) is 16.9 Å². The van der Waals surface area contributed by atoms with Gasteiger partial charge in [-0.05, 0) is 41.0 Å². The number of esters is 1. The summed E-state index contributed by atoms with van der Waals surface area (Å²) in [4.78, 5) is 32.2. The summed E-state index contributed by atoms with van der Waals surface area (Å²) < 4.78 is 4.68. The minimum atomic E-state index is -0.670. The Morgan fingerprint density at radius 2 is 1.43 bits per heavy atom. The zero-order chi connectivity index (χ0) is 21.7. The minimum Gasteiger partial charge on any atom is -0.465 e. The molecule has 0 aromatic heterocycles. The fourth-order valence-electron chi connectivity index (χ4n) is 2.83. The van der Waals surface area contributed by atoms with Crippen molar-refractivity contribution < 1.29 is 19.4 Å². The number of nitro groups is 2. The smallest absolute Gasteiger partial charge is 0.337 e. The van der Waals surface area contributed by atoms with E-state index in [1.54, 1.807) is 24.3 Å². The highest BCUT2D eigenvalue weighted by molar-refractivity contribution is 5.90. The highest BCUT2D eigenvalue weighted by Gasteiger charge is 2.17. The predicted octanol–water partition coefficient (Wildman–Crippen LogP) is 5.13. The standard InChI is InChI=1S/C22H16N2O6/c1-30-22(25)19-10-8-17(9-11-19)16-5-2-15(3-6-16)4-7-18-12-13-20(23(26)27)14-21(18)24(28)29/h2-14H,1H3/b7-4+. The van der Waals surface area contributed by atoms with Crippen LogP contribution < -0.4 is 0 Å². The second-order valence-electron chi connectivity index (χ2n) is 6.28. The lowest BCUT2D eigenvalue weighted by atomic mass is 10.0. The maximum atomic E-state index is 11.5. The van der Waals surface area contributed by atoms with Crippen LogP contribution in [0.4, 0.5) is 11.4 Å². The number of benzene rings is 3. The molecule has 30 heavy (non-hydrogen) atoms. The molecule has 3 aromatic carbocycles. The van der Waals surface area contributed by atoms with Gasteiger partial charge in [-0.1, -0.05) is 42.5 Å². The van der Waals surface area contributed by atoms with Gasteiger partial charge in [0, 0.05) is 6.07 Å². The summed E-state index contributed by atoms with van der Waals surface area (Å²) in [6.45, 7) is 0. The van der Waals surface area contributed by atoms with Crippen LogP contribution in [0.2, 0.25) is 0 Å². The molecule has 8 heteroatoms. The molecule has 0 radical (unpaired) electrons. The molecule has 0 unspecified atom stereocenters. The fourth-order valence-corrected chi connectivity index (χ4v) is 2.83. The van der Waals surface area contributed by atoms with Crippen LogP contribution in [0.5, 0.6) is 0 Å². The lowest BCUT2D eigenvalue weighted by Crippen LogP contribution is -2.00. The summed E-state index contributed by atoms with van der Waals surface area (Å²) in [5, 5.41) is 22.0. The third-order valence-corrected chi connectivity index (χ3v) is 4.43. The minimum absolute atomic E-state index is 0.271. The number of hydrogen-bond donors (Lipinski definition) is 0. The van der Waals surface area contributed by atoms with Crippen molar-refractivity contribution in [3.8, 4) is 11.1 Å². The fraction of sp³-hybridized carbons (Fsp3) is 0.0455. The number of methoxy groups -OCH3 is 1. The molecule has 0 heterocycles. The van der Waals surface area contributed by atoms with Gasteiger partial charge in [0.05, 0.1) is 34.1 Å². The van der Waals surface area contributed by atoms with Crippen LogP contribution in [0.3, 0.4) is 0 Å². The zero-order valence-electron chi connectivity index (χ0n) is 15.8. The van der Waals surface area contributed by atoms with E-state index in [2.05, 4.69) is 4.74 Å². The lowest BCUT2D eigenvalue weighted by Gasteiger charge is -2.04. The van der Waals surface area contributed by atoms with E-state index in [1.165, 1.54) is 19.2 Å². The highest BCUT2D eigenvalue weighted by Crippen LogP contribution is 2.27. The molecule has 0 N–H and O–H groups in total. The second kappa shape index (κ2) is 8.78. The third kappa shape index (κ3) is 4.56. The first kappa shape index (κ1) is 20.4. The summed E-state index contributed by atoms with van der Waals surface area (Å²) >= 11 is 0. The molecule has 0 spiro atoms. The van der Waals surface area contributed by atoms with Crippen molar-refractivity contribution >= 4 is 29.5 Å². The molecular weight excluding hydrogens is 388 g/mol. The SMILES string of the molecule is COC(=O)c1ccc(-c2ccc(/C=C/c3ccc([N+](=O)[O-])cc3[N+](=O)[O-])cc2)cc1. The van der Waals surface area contributed by atoms with E-state index in [9.17, 15) is 25.0 Å². The topological polar surface area (TPSA) is 113 Å². The van der Waals surface area contributed by atoms with Gasteiger partial charge in [-0.3, -0.25) is 20.2 Å². The van der Waals surface area contributed by atoms with Gasteiger partial charge in [-0.2, -0.15) is 0 Å². The number of ether oxygens (including phenoxy) is 1. The number of nitro benzene ring substituents is 2. The van der Waals surface area contributed by atoms with Crippen molar-refractivity contribution in [2.75, 3.05) is 7.11 Å². The number of hydrogen-bond acceptors (Lipinski definition) is 6. The van der Waals surface area contributed by atoms with Gasteiger partial charge in [0.15, 0.2) is 0 Å². The van der Waals surface area contributed by atoms with Crippen molar-refractivity contribution in [1.82, 2.24) is 0 Å². The number of rotatable bonds is 6. The molecule has 8 nitrogen and oxygen atoms in total. The molecule has 0 aliphatic rings. The normalized spacial score (nSPS) is 10.7. The molecule has 0 aliphatic heterocycles. The van der Waals surface area contributed by atoms with Crippen molar-refractivity contribution in [1.29, 1.82) is 0 Å². The largest absolute Gasteiger partial charge is 0.465 e. The summed E-state index contributed by atoms with van der Waals surface area (Å²) in [6.07, 6.45) is 3.24. The molecule has 0 saturated heterocycles. The first-order valence-corrected chi connectivity index (χ1v) is 8.79. The van der Waals surface area contributed by atoms with E-state index >= 15 is 0 Å². The van der Waals surface area contributed by atoms with Crippen LogP contribution in [-0.2, 0) is 4.74 Å². The molecule has 0 aliphatic carbocycles. The van der Waals surface area contributed by atoms with Crippen LogP contribution in [0.25, 0.3) is 23.3 Å². The summed E-state index contributed by atoms with van der Waals surface area (Å²) in [7, 11) is 1.33. The molecule has 3 aromatic rings. The molecule has 0 atom stereocenters. The molecule has 0 bridgehead atoms. The monoisotopic (exact) mass is 404 g/mol. The van der Waals surface area contributed by atoms with Crippen molar-refractivity contribution in [2.24, 2.45) is 0 Å². The van der Waals surface area contributed by atoms with Gasteiger partial charge >= 0.3 is 5.97 Å². The van der Waals surface area contributed by atoms with Crippen molar-refractivity contribution in [3.63, 3.8) is 0 Å². The Morgan fingerprint density at radius 3 is 1.97 bits per heavy atom. The number of non-ortho nitro benzene ring substituents is 1. The summed E-state index contributed by atoms with van der Waals surface area (Å²) in [5.74, 6) is -0.401. The first-order valence-electron chi connectivity index (χ1n) is 8.79. The van der Waals surface area contributed by atoms with Crippen molar-refractivity contribution in [3.05, 3.63) is 104 Å². The molecule has 3 rings (SSSR count). The maximum Gasteiger partial charge on any atom is 0.337 e. The quantitative estimate of drug-likeness (QED) is 0.244. The van der Waals surface area contributed by atoms with Crippen LogP contribution in [0, 0.1) is 20.2 Å². The van der Waals surface area contributed by atoms with E-state index in [1.807, 2.05) is 36.4 Å². The average molecular weight is 404 g/mol. The Hall–Kier alpha value is -4.33. The van der Waals surface area contributed by atoms with E-state index < -0.39 is 15.8 Å². The van der Waals surface area contributed by atoms with Gasteiger partial charge in [-0.15, -0.1) is 0 Å². The predicted molar refractivity (Wildman–Crippen MR) is 112 cm³/mol. The molecule has 150 valence electrons. The molecule has 0 amide bonds. The van der Waals surface area contributed by atoms with E-state index in [0.717, 1.165) is 22.8 Å². The average Bonchev–Trinajstić information content (AvgIpc) is 2.77. The van der Waals surface area contributed by atoms with Gasteiger partial charge < -0.3 is 4.74 Å². The van der Waals surface area contributed by atoms with Crippen LogP contribution >= 0.6 is 0 Å². The van der Waals surface area contributed by atoms with Crippen molar-refractivity contribution in [2.45, 2.75) is 0 Å². The first-order chi connectivity index (χ1) is 14.4. The highest BCUT2D eigenvalue weighted by atomic mass is 16.6. The number of carbonyl (C=O) groups is 1.